The quantitative estimate of drug-likeness (QED) is 0.799. The van der Waals surface area contributed by atoms with Crippen LogP contribution in [0.15, 0.2) is 29.2 Å². The Labute approximate surface area is 78.3 Å². The van der Waals surface area contributed by atoms with Gasteiger partial charge in [0.2, 0.25) is 0 Å². The fourth-order valence-corrected chi connectivity index (χ4v) is 1.47. The number of thiophene rings is 1. The molecule has 2 aromatic heterocycles. The summed E-state index contributed by atoms with van der Waals surface area (Å²) in [6.45, 7) is 0. The fraction of sp³-hybridized carbons (Fsp3) is 0. The van der Waals surface area contributed by atoms with Crippen LogP contribution in [0.1, 0.15) is 0 Å². The van der Waals surface area contributed by atoms with Crippen molar-refractivity contribution in [2.24, 2.45) is 0 Å². The first kappa shape index (κ1) is 8.12. The topological polar surface area (TPSA) is 37.8 Å². The zero-order chi connectivity index (χ0) is 9.10. The molecule has 0 aliphatic heterocycles. The van der Waals surface area contributed by atoms with E-state index < -0.39 is 5.95 Å². The molecule has 13 heavy (non-hydrogen) atoms. The lowest BCUT2D eigenvalue weighted by atomic mass is 10.5. The lowest BCUT2D eigenvalue weighted by Crippen LogP contribution is -1.97. The molecule has 0 saturated heterocycles. The highest BCUT2D eigenvalue weighted by molar-refractivity contribution is 7.08. The average molecular weight is 195 g/mol. The highest BCUT2D eigenvalue weighted by Gasteiger charge is 2.03. The van der Waals surface area contributed by atoms with E-state index in [1.165, 1.54) is 23.7 Å². The van der Waals surface area contributed by atoms with E-state index in [1.54, 1.807) is 0 Å². The normalized spacial score (nSPS) is 9.92. The summed E-state index contributed by atoms with van der Waals surface area (Å²) in [5, 5.41) is 6.58. The minimum absolute atomic E-state index is 0.154. The van der Waals surface area contributed by atoms with Gasteiger partial charge in [0.1, 0.15) is 0 Å². The van der Waals surface area contributed by atoms with Gasteiger partial charge in [0.05, 0.1) is 5.69 Å². The highest BCUT2D eigenvalue weighted by Crippen LogP contribution is 2.17. The zero-order valence-corrected chi connectivity index (χ0v) is 7.38. The van der Waals surface area contributed by atoms with E-state index in [1.807, 2.05) is 16.8 Å². The Morgan fingerprint density at radius 3 is 2.85 bits per heavy atom. The molecule has 2 rings (SSSR count). The summed E-state index contributed by atoms with van der Waals surface area (Å²) in [5.41, 5.74) is 0.824. The van der Waals surface area contributed by atoms with Crippen molar-refractivity contribution in [2.75, 3.05) is 5.32 Å². The minimum Gasteiger partial charge on any atom is -0.336 e. The second kappa shape index (κ2) is 3.49. The van der Waals surface area contributed by atoms with Crippen molar-refractivity contribution in [3.05, 3.63) is 35.2 Å². The summed E-state index contributed by atoms with van der Waals surface area (Å²) >= 11 is 1.53. The number of nitrogens with one attached hydrogen (secondary N) is 1. The molecule has 2 heterocycles. The van der Waals surface area contributed by atoms with Crippen molar-refractivity contribution in [1.82, 2.24) is 9.97 Å². The van der Waals surface area contributed by atoms with Crippen LogP contribution in [-0.4, -0.2) is 9.97 Å². The van der Waals surface area contributed by atoms with Gasteiger partial charge in [0.25, 0.3) is 5.95 Å². The molecular formula is C8H6FN3S. The zero-order valence-electron chi connectivity index (χ0n) is 6.57. The van der Waals surface area contributed by atoms with Gasteiger partial charge < -0.3 is 5.32 Å². The van der Waals surface area contributed by atoms with E-state index in [0.717, 1.165) is 5.69 Å². The van der Waals surface area contributed by atoms with Crippen LogP contribution in [0.5, 0.6) is 0 Å². The van der Waals surface area contributed by atoms with Crippen molar-refractivity contribution < 1.29 is 4.39 Å². The molecule has 2 aromatic rings. The van der Waals surface area contributed by atoms with Crippen LogP contribution < -0.4 is 5.32 Å². The summed E-state index contributed by atoms with van der Waals surface area (Å²) < 4.78 is 12.9. The van der Waals surface area contributed by atoms with Crippen molar-refractivity contribution in [3.8, 4) is 0 Å². The number of hydrogen-bond acceptors (Lipinski definition) is 4. The Balaban J connectivity index is 2.24. The summed E-state index contributed by atoms with van der Waals surface area (Å²) in [6, 6.07) is 1.85. The third-order valence-electron chi connectivity index (χ3n) is 1.44. The van der Waals surface area contributed by atoms with Crippen LogP contribution in [-0.2, 0) is 0 Å². The van der Waals surface area contributed by atoms with Crippen molar-refractivity contribution in [1.29, 1.82) is 0 Å². The molecule has 3 nitrogen and oxygen atoms in total. The maximum atomic E-state index is 12.9. The SMILES string of the molecule is Fc1nccnc1Nc1ccsc1. The van der Waals surface area contributed by atoms with E-state index in [-0.39, 0.29) is 5.82 Å². The molecule has 0 bridgehead atoms. The summed E-state index contributed by atoms with van der Waals surface area (Å²) in [4.78, 5) is 7.28. The molecule has 0 fully saturated rings. The molecule has 0 unspecified atom stereocenters. The van der Waals surface area contributed by atoms with E-state index in [2.05, 4.69) is 15.3 Å². The number of rotatable bonds is 2. The van der Waals surface area contributed by atoms with Crippen molar-refractivity contribution in [2.45, 2.75) is 0 Å². The van der Waals surface area contributed by atoms with Gasteiger partial charge in [0.15, 0.2) is 5.82 Å². The van der Waals surface area contributed by atoms with Gasteiger partial charge in [-0.2, -0.15) is 15.7 Å². The fourth-order valence-electron chi connectivity index (χ4n) is 0.877. The highest BCUT2D eigenvalue weighted by atomic mass is 32.1. The maximum absolute atomic E-state index is 12.9. The molecule has 1 N–H and O–H groups in total. The number of nitrogens with zero attached hydrogens (tertiary/aromatic N) is 2. The Kier molecular flexibility index (Phi) is 2.18. The van der Waals surface area contributed by atoms with E-state index in [9.17, 15) is 4.39 Å². The molecule has 0 radical (unpaired) electrons. The van der Waals surface area contributed by atoms with E-state index >= 15 is 0 Å². The molecule has 5 heteroatoms. The first-order chi connectivity index (χ1) is 6.36. The molecule has 0 aliphatic carbocycles. The van der Waals surface area contributed by atoms with Gasteiger partial charge in [-0.15, -0.1) is 0 Å². The Morgan fingerprint density at radius 1 is 1.31 bits per heavy atom. The van der Waals surface area contributed by atoms with E-state index in [4.69, 9.17) is 0 Å². The second-order valence-corrected chi connectivity index (χ2v) is 3.11. The summed E-state index contributed by atoms with van der Waals surface area (Å²) in [6.07, 6.45) is 2.76. The maximum Gasteiger partial charge on any atom is 0.255 e. The van der Waals surface area contributed by atoms with Crippen LogP contribution in [0.25, 0.3) is 0 Å². The molecule has 0 aromatic carbocycles. The average Bonchev–Trinajstić information content (AvgIpc) is 2.61. The first-order valence-electron chi connectivity index (χ1n) is 3.62. The molecule has 0 amide bonds. The minimum atomic E-state index is -0.589. The van der Waals surface area contributed by atoms with E-state index in [0.29, 0.717) is 0 Å². The Morgan fingerprint density at radius 2 is 2.15 bits per heavy atom. The van der Waals surface area contributed by atoms with Gasteiger partial charge in [-0.05, 0) is 11.4 Å². The van der Waals surface area contributed by atoms with Gasteiger partial charge in [-0.1, -0.05) is 0 Å². The van der Waals surface area contributed by atoms with Gasteiger partial charge in [0, 0.05) is 17.8 Å². The third kappa shape index (κ3) is 1.81. The second-order valence-electron chi connectivity index (χ2n) is 2.33. The Bertz CT molecular complexity index is 388. The van der Waals surface area contributed by atoms with Crippen molar-refractivity contribution in [3.63, 3.8) is 0 Å². The summed E-state index contributed by atoms with van der Waals surface area (Å²) in [5.74, 6) is -0.436. The Hall–Kier alpha value is -1.49. The van der Waals surface area contributed by atoms with Gasteiger partial charge in [-0.25, -0.2) is 9.97 Å². The monoisotopic (exact) mass is 195 g/mol. The molecule has 66 valence electrons. The molecule has 0 atom stereocenters. The van der Waals surface area contributed by atoms with Crippen molar-refractivity contribution >= 4 is 22.8 Å². The van der Waals surface area contributed by atoms with Gasteiger partial charge >= 0.3 is 0 Å². The predicted molar refractivity (Wildman–Crippen MR) is 49.6 cm³/mol. The van der Waals surface area contributed by atoms with Crippen LogP contribution in [0, 0.1) is 5.95 Å². The van der Waals surface area contributed by atoms with Gasteiger partial charge in [-0.3, -0.25) is 0 Å². The molecule has 0 saturated carbocycles. The van der Waals surface area contributed by atoms with Crippen LogP contribution in [0.3, 0.4) is 0 Å². The molecule has 0 aliphatic rings. The smallest absolute Gasteiger partial charge is 0.255 e. The number of anilines is 2. The standard InChI is InChI=1S/C8H6FN3S/c9-7-8(11-3-2-10-7)12-6-1-4-13-5-6/h1-5H,(H,11,12). The van der Waals surface area contributed by atoms with Crippen LogP contribution in [0.2, 0.25) is 0 Å². The van der Waals surface area contributed by atoms with Crippen LogP contribution in [0.4, 0.5) is 15.9 Å². The first-order valence-corrected chi connectivity index (χ1v) is 4.56. The third-order valence-corrected chi connectivity index (χ3v) is 2.12. The molecule has 0 spiro atoms. The lowest BCUT2D eigenvalue weighted by Gasteiger charge is -2.01. The lowest BCUT2D eigenvalue weighted by molar-refractivity contribution is 0.582. The predicted octanol–water partition coefficient (Wildman–Crippen LogP) is 2.42. The largest absolute Gasteiger partial charge is 0.336 e. The number of halogens is 1. The molecular weight excluding hydrogens is 189 g/mol. The summed E-state index contributed by atoms with van der Waals surface area (Å²) in [7, 11) is 0. The number of aromatic nitrogens is 2. The van der Waals surface area contributed by atoms with Crippen LogP contribution >= 0.6 is 11.3 Å². The number of hydrogen-bond donors (Lipinski definition) is 1.